The van der Waals surface area contributed by atoms with Crippen molar-refractivity contribution >= 4 is 17.9 Å². The molecule has 0 spiro atoms. The van der Waals surface area contributed by atoms with E-state index in [0.29, 0.717) is 6.04 Å². The second-order valence-corrected chi connectivity index (χ2v) is 4.19. The molecule has 0 heterocycles. The van der Waals surface area contributed by atoms with E-state index in [1.807, 2.05) is 0 Å². The van der Waals surface area contributed by atoms with Gasteiger partial charge in [-0.15, -0.1) is 0 Å². The van der Waals surface area contributed by atoms with Crippen molar-refractivity contribution in [3.8, 4) is 0 Å². The second-order valence-electron chi connectivity index (χ2n) is 3.78. The van der Waals surface area contributed by atoms with E-state index in [2.05, 4.69) is 31.8 Å². The first-order valence-corrected chi connectivity index (χ1v) is 6.14. The molecule has 0 fully saturated rings. The summed E-state index contributed by atoms with van der Waals surface area (Å²) in [6.45, 7) is 4.36. The van der Waals surface area contributed by atoms with Crippen molar-refractivity contribution in [3.05, 3.63) is 0 Å². The van der Waals surface area contributed by atoms with Crippen LogP contribution in [0.1, 0.15) is 58.8 Å². The van der Waals surface area contributed by atoms with Gasteiger partial charge in [0.05, 0.1) is 0 Å². The van der Waals surface area contributed by atoms with Crippen molar-refractivity contribution in [2.45, 2.75) is 64.8 Å². The molecule has 0 aromatic rings. The molecule has 0 saturated carbocycles. The zero-order valence-electron chi connectivity index (χ0n) is 9.38. The van der Waals surface area contributed by atoms with Crippen LogP contribution >= 0.6 is 12.6 Å². The Morgan fingerprint density at radius 2 is 1.71 bits per heavy atom. The van der Waals surface area contributed by atoms with Gasteiger partial charge in [0.25, 0.3) is 5.24 Å². The fourth-order valence-electron chi connectivity index (χ4n) is 1.55. The van der Waals surface area contributed by atoms with Gasteiger partial charge in [0.1, 0.15) is 0 Å². The third-order valence-corrected chi connectivity index (χ3v) is 2.52. The minimum atomic E-state index is -0.192. The van der Waals surface area contributed by atoms with E-state index in [4.69, 9.17) is 0 Å². The zero-order valence-corrected chi connectivity index (χ0v) is 10.3. The summed E-state index contributed by atoms with van der Waals surface area (Å²) in [7, 11) is 0. The summed E-state index contributed by atoms with van der Waals surface area (Å²) in [4.78, 5) is 10.8. The van der Waals surface area contributed by atoms with Crippen LogP contribution in [0.25, 0.3) is 0 Å². The van der Waals surface area contributed by atoms with Gasteiger partial charge in [0.15, 0.2) is 0 Å². The van der Waals surface area contributed by atoms with E-state index in [-0.39, 0.29) is 5.24 Å². The Bertz CT molecular complexity index is 150. The van der Waals surface area contributed by atoms with Crippen LogP contribution in [0.5, 0.6) is 0 Å². The predicted molar refractivity (Wildman–Crippen MR) is 65.0 cm³/mol. The number of rotatable bonds is 8. The van der Waals surface area contributed by atoms with E-state index in [9.17, 15) is 4.79 Å². The topological polar surface area (TPSA) is 29.1 Å². The molecule has 1 atom stereocenters. The monoisotopic (exact) mass is 217 g/mol. The SMILES string of the molecule is CCCCCC(CCCC)NC(=O)S. The lowest BCUT2D eigenvalue weighted by atomic mass is 10.0. The van der Waals surface area contributed by atoms with Gasteiger partial charge in [-0.2, -0.15) is 0 Å². The van der Waals surface area contributed by atoms with E-state index in [1.165, 1.54) is 32.1 Å². The van der Waals surface area contributed by atoms with Crippen LogP contribution in [-0.2, 0) is 0 Å². The van der Waals surface area contributed by atoms with Crippen molar-refractivity contribution in [1.82, 2.24) is 5.32 Å². The number of thiol groups is 1. The molecular weight excluding hydrogens is 194 g/mol. The third kappa shape index (κ3) is 8.42. The summed E-state index contributed by atoms with van der Waals surface area (Å²) in [5, 5.41) is 2.71. The van der Waals surface area contributed by atoms with Gasteiger partial charge in [-0.1, -0.05) is 58.6 Å². The number of amides is 1. The molecule has 0 radical (unpaired) electrons. The first kappa shape index (κ1) is 13.8. The Morgan fingerprint density at radius 3 is 2.21 bits per heavy atom. The van der Waals surface area contributed by atoms with Crippen molar-refractivity contribution in [2.75, 3.05) is 0 Å². The summed E-state index contributed by atoms with van der Waals surface area (Å²) in [6, 6.07) is 0.339. The average molecular weight is 217 g/mol. The fraction of sp³-hybridized carbons (Fsp3) is 0.909. The van der Waals surface area contributed by atoms with E-state index in [0.717, 1.165) is 12.8 Å². The van der Waals surface area contributed by atoms with E-state index >= 15 is 0 Å². The maximum absolute atomic E-state index is 10.8. The largest absolute Gasteiger partial charge is 0.344 e. The molecule has 1 amide bonds. The first-order valence-electron chi connectivity index (χ1n) is 5.70. The van der Waals surface area contributed by atoms with Gasteiger partial charge in [-0.05, 0) is 12.8 Å². The lowest BCUT2D eigenvalue weighted by Gasteiger charge is -2.16. The summed E-state index contributed by atoms with van der Waals surface area (Å²) in [5.41, 5.74) is 0. The van der Waals surface area contributed by atoms with Crippen molar-refractivity contribution < 1.29 is 4.79 Å². The van der Waals surface area contributed by atoms with Crippen molar-refractivity contribution in [3.63, 3.8) is 0 Å². The predicted octanol–water partition coefficient (Wildman–Crippen LogP) is 3.76. The smallest absolute Gasteiger partial charge is 0.276 e. The minimum absolute atomic E-state index is 0.192. The van der Waals surface area contributed by atoms with Gasteiger partial charge in [-0.25, -0.2) is 0 Å². The maximum atomic E-state index is 10.8. The summed E-state index contributed by atoms with van der Waals surface area (Å²) >= 11 is 3.75. The summed E-state index contributed by atoms with van der Waals surface area (Å²) in [6.07, 6.45) is 8.25. The molecular formula is C11H23NOS. The van der Waals surface area contributed by atoms with Crippen LogP contribution in [0.2, 0.25) is 0 Å². The average Bonchev–Trinajstić information content (AvgIpc) is 2.13. The quantitative estimate of drug-likeness (QED) is 0.470. The first-order chi connectivity index (χ1) is 6.70. The normalized spacial score (nSPS) is 12.5. The van der Waals surface area contributed by atoms with Gasteiger partial charge < -0.3 is 5.32 Å². The highest BCUT2D eigenvalue weighted by molar-refractivity contribution is 7.96. The molecule has 0 aromatic heterocycles. The molecule has 0 aliphatic heterocycles. The van der Waals surface area contributed by atoms with E-state index < -0.39 is 0 Å². The molecule has 0 rings (SSSR count). The molecule has 0 bridgehead atoms. The number of nitrogens with one attached hydrogen (secondary N) is 1. The Morgan fingerprint density at radius 1 is 1.14 bits per heavy atom. The molecule has 0 aliphatic carbocycles. The minimum Gasteiger partial charge on any atom is -0.344 e. The standard InChI is InChI=1S/C11H23NOS/c1-3-5-7-9-10(8-6-4-2)12-11(13)14/h10H,3-9H2,1-2H3,(H2,12,13,14). The Hall–Kier alpha value is -0.180. The van der Waals surface area contributed by atoms with Crippen molar-refractivity contribution in [1.29, 1.82) is 0 Å². The Labute approximate surface area is 93.3 Å². The summed E-state index contributed by atoms with van der Waals surface area (Å²) in [5.74, 6) is 0. The number of carbonyl (C=O) groups is 1. The van der Waals surface area contributed by atoms with Crippen LogP contribution in [0.4, 0.5) is 4.79 Å². The number of unbranched alkanes of at least 4 members (excludes halogenated alkanes) is 3. The molecule has 0 aliphatic rings. The Kier molecular flexibility index (Phi) is 9.26. The third-order valence-electron chi connectivity index (χ3n) is 2.39. The molecule has 0 saturated heterocycles. The van der Waals surface area contributed by atoms with Crippen LogP contribution in [0.3, 0.4) is 0 Å². The highest BCUT2D eigenvalue weighted by Gasteiger charge is 2.08. The van der Waals surface area contributed by atoms with Gasteiger partial charge in [0.2, 0.25) is 0 Å². The number of carbonyl (C=O) groups excluding carboxylic acids is 1. The van der Waals surface area contributed by atoms with Crippen LogP contribution in [0, 0.1) is 0 Å². The van der Waals surface area contributed by atoms with Gasteiger partial charge in [0, 0.05) is 6.04 Å². The van der Waals surface area contributed by atoms with Crippen LogP contribution < -0.4 is 5.32 Å². The summed E-state index contributed by atoms with van der Waals surface area (Å²) < 4.78 is 0. The number of hydrogen-bond donors (Lipinski definition) is 2. The van der Waals surface area contributed by atoms with Crippen molar-refractivity contribution in [2.24, 2.45) is 0 Å². The molecule has 0 aromatic carbocycles. The highest BCUT2D eigenvalue weighted by atomic mass is 32.1. The lowest BCUT2D eigenvalue weighted by molar-refractivity contribution is 0.255. The molecule has 1 N–H and O–H groups in total. The van der Waals surface area contributed by atoms with Gasteiger partial charge in [-0.3, -0.25) is 4.79 Å². The Balaban J connectivity index is 3.66. The lowest BCUT2D eigenvalue weighted by Crippen LogP contribution is -2.31. The molecule has 1 unspecified atom stereocenters. The number of hydrogen-bond acceptors (Lipinski definition) is 1. The fourth-order valence-corrected chi connectivity index (χ4v) is 1.74. The maximum Gasteiger partial charge on any atom is 0.276 e. The highest BCUT2D eigenvalue weighted by Crippen LogP contribution is 2.10. The second kappa shape index (κ2) is 9.38. The molecule has 84 valence electrons. The van der Waals surface area contributed by atoms with Gasteiger partial charge >= 0.3 is 0 Å². The molecule has 2 nitrogen and oxygen atoms in total. The molecule has 3 heteroatoms. The van der Waals surface area contributed by atoms with Crippen LogP contribution in [-0.4, -0.2) is 11.3 Å². The van der Waals surface area contributed by atoms with Crippen LogP contribution in [0.15, 0.2) is 0 Å². The zero-order chi connectivity index (χ0) is 10.8. The van der Waals surface area contributed by atoms with E-state index in [1.54, 1.807) is 0 Å². The molecule has 14 heavy (non-hydrogen) atoms.